The lowest BCUT2D eigenvalue weighted by Gasteiger charge is -2.09. The summed E-state index contributed by atoms with van der Waals surface area (Å²) in [5.74, 6) is -0.515. The minimum Gasteiger partial charge on any atom is -0.322 e. The first-order chi connectivity index (χ1) is 12.4. The second-order valence-corrected chi connectivity index (χ2v) is 6.82. The number of pyridine rings is 1. The summed E-state index contributed by atoms with van der Waals surface area (Å²) in [5.41, 5.74) is 1.00. The van der Waals surface area contributed by atoms with Gasteiger partial charge >= 0.3 is 0 Å². The Balaban J connectivity index is 1.83. The van der Waals surface area contributed by atoms with Crippen LogP contribution >= 0.6 is 34.8 Å². The Hall–Kier alpha value is -2.27. The van der Waals surface area contributed by atoms with Gasteiger partial charge in [-0.15, -0.1) is 0 Å². The van der Waals surface area contributed by atoms with Crippen molar-refractivity contribution in [3.63, 3.8) is 0 Å². The molecule has 132 valence electrons. The number of aromatic nitrogens is 1. The third kappa shape index (κ3) is 4.28. The molecule has 3 rings (SSSR count). The van der Waals surface area contributed by atoms with Crippen LogP contribution in [-0.2, 0) is 6.54 Å². The van der Waals surface area contributed by atoms with Crippen LogP contribution in [0.5, 0.6) is 0 Å². The highest BCUT2D eigenvalue weighted by Crippen LogP contribution is 2.25. The maximum Gasteiger partial charge on any atom is 0.263 e. The van der Waals surface area contributed by atoms with Gasteiger partial charge in [-0.3, -0.25) is 9.59 Å². The van der Waals surface area contributed by atoms with Gasteiger partial charge in [-0.25, -0.2) is 0 Å². The molecule has 26 heavy (non-hydrogen) atoms. The van der Waals surface area contributed by atoms with Crippen molar-refractivity contribution in [2.24, 2.45) is 0 Å². The van der Waals surface area contributed by atoms with Crippen molar-refractivity contribution in [1.29, 1.82) is 0 Å². The number of carbonyl (C=O) groups excluding carboxylic acids is 1. The van der Waals surface area contributed by atoms with E-state index >= 15 is 0 Å². The Labute approximate surface area is 164 Å². The molecule has 4 nitrogen and oxygen atoms in total. The standard InChI is InChI=1S/C19H13Cl3N2O2/c20-13-5-3-12(4-6-13)11-24-9-1-2-15(19(24)26)18(25)23-14-7-8-16(21)17(22)10-14/h1-10H,11H2,(H,23,25). The predicted molar refractivity (Wildman–Crippen MR) is 106 cm³/mol. The Morgan fingerprint density at radius 2 is 1.69 bits per heavy atom. The van der Waals surface area contributed by atoms with Crippen LogP contribution in [0.2, 0.25) is 15.1 Å². The molecule has 2 aromatic carbocycles. The van der Waals surface area contributed by atoms with Crippen LogP contribution < -0.4 is 10.9 Å². The molecule has 1 N–H and O–H groups in total. The maximum atomic E-state index is 12.6. The molecular weight excluding hydrogens is 395 g/mol. The molecule has 0 fully saturated rings. The summed E-state index contributed by atoms with van der Waals surface area (Å²) in [6, 6.07) is 15.0. The van der Waals surface area contributed by atoms with E-state index in [0.717, 1.165) is 5.56 Å². The smallest absolute Gasteiger partial charge is 0.263 e. The number of nitrogens with one attached hydrogen (secondary N) is 1. The lowest BCUT2D eigenvalue weighted by Crippen LogP contribution is -2.29. The number of anilines is 1. The Bertz CT molecular complexity index is 1010. The highest BCUT2D eigenvalue weighted by molar-refractivity contribution is 6.42. The Kier molecular flexibility index (Phi) is 5.67. The highest BCUT2D eigenvalue weighted by Gasteiger charge is 2.13. The first kappa shape index (κ1) is 18.5. The largest absolute Gasteiger partial charge is 0.322 e. The van der Waals surface area contributed by atoms with Gasteiger partial charge in [0, 0.05) is 16.9 Å². The minimum absolute atomic E-state index is 0.0348. The number of hydrogen-bond donors (Lipinski definition) is 1. The van der Waals surface area contributed by atoms with Crippen LogP contribution in [0.4, 0.5) is 5.69 Å². The summed E-state index contributed by atoms with van der Waals surface area (Å²) in [4.78, 5) is 25.1. The molecule has 0 radical (unpaired) electrons. The summed E-state index contributed by atoms with van der Waals surface area (Å²) in [6.07, 6.45) is 1.63. The Morgan fingerprint density at radius 1 is 0.962 bits per heavy atom. The van der Waals surface area contributed by atoms with E-state index in [-0.39, 0.29) is 11.1 Å². The van der Waals surface area contributed by atoms with Crippen LogP contribution in [-0.4, -0.2) is 10.5 Å². The summed E-state index contributed by atoms with van der Waals surface area (Å²) in [5, 5.41) is 3.98. The molecule has 0 saturated carbocycles. The molecular formula is C19H13Cl3N2O2. The number of benzene rings is 2. The van der Waals surface area contributed by atoms with Gasteiger partial charge in [0.15, 0.2) is 0 Å². The topological polar surface area (TPSA) is 51.1 Å². The first-order valence-electron chi connectivity index (χ1n) is 7.64. The van der Waals surface area contributed by atoms with Crippen LogP contribution in [0.1, 0.15) is 15.9 Å². The molecule has 0 aliphatic carbocycles. The molecule has 0 saturated heterocycles. The minimum atomic E-state index is -0.515. The fourth-order valence-corrected chi connectivity index (χ4v) is 2.82. The quantitative estimate of drug-likeness (QED) is 0.653. The molecule has 7 heteroatoms. The fraction of sp³-hybridized carbons (Fsp3) is 0.0526. The normalized spacial score (nSPS) is 10.6. The number of carbonyl (C=O) groups is 1. The molecule has 1 amide bonds. The van der Waals surface area contributed by atoms with E-state index in [1.807, 2.05) is 12.1 Å². The lowest BCUT2D eigenvalue weighted by atomic mass is 10.2. The first-order valence-corrected chi connectivity index (χ1v) is 8.78. The van der Waals surface area contributed by atoms with Crippen molar-refractivity contribution in [3.8, 4) is 0 Å². The van der Waals surface area contributed by atoms with Crippen molar-refractivity contribution in [2.45, 2.75) is 6.54 Å². The average Bonchev–Trinajstić information content (AvgIpc) is 2.62. The fourth-order valence-electron chi connectivity index (χ4n) is 2.39. The molecule has 1 heterocycles. The van der Waals surface area contributed by atoms with Crippen molar-refractivity contribution >= 4 is 46.4 Å². The second kappa shape index (κ2) is 7.96. The van der Waals surface area contributed by atoms with Crippen molar-refractivity contribution in [1.82, 2.24) is 4.57 Å². The van der Waals surface area contributed by atoms with E-state index in [0.29, 0.717) is 27.3 Å². The predicted octanol–water partition coefficient (Wildman–Crippen LogP) is 5.11. The summed E-state index contributed by atoms with van der Waals surface area (Å²) < 4.78 is 1.47. The molecule has 3 aromatic rings. The zero-order chi connectivity index (χ0) is 18.7. The third-order valence-electron chi connectivity index (χ3n) is 3.71. The van der Waals surface area contributed by atoms with E-state index < -0.39 is 5.91 Å². The second-order valence-electron chi connectivity index (χ2n) is 5.56. The number of rotatable bonds is 4. The molecule has 0 bridgehead atoms. The van der Waals surface area contributed by atoms with Crippen LogP contribution in [0.25, 0.3) is 0 Å². The van der Waals surface area contributed by atoms with E-state index in [9.17, 15) is 9.59 Å². The highest BCUT2D eigenvalue weighted by atomic mass is 35.5. The van der Waals surface area contributed by atoms with Gasteiger partial charge in [0.2, 0.25) is 0 Å². The van der Waals surface area contributed by atoms with Gasteiger partial charge in [-0.2, -0.15) is 0 Å². The van der Waals surface area contributed by atoms with Gasteiger partial charge in [0.1, 0.15) is 5.56 Å². The molecule has 1 aromatic heterocycles. The van der Waals surface area contributed by atoms with Crippen molar-refractivity contribution in [3.05, 3.63) is 97.3 Å². The monoisotopic (exact) mass is 406 g/mol. The van der Waals surface area contributed by atoms with E-state index in [4.69, 9.17) is 34.8 Å². The van der Waals surface area contributed by atoms with E-state index in [1.165, 1.54) is 16.7 Å². The van der Waals surface area contributed by atoms with Crippen LogP contribution in [0.15, 0.2) is 65.6 Å². The summed E-state index contributed by atoms with van der Waals surface area (Å²) >= 11 is 17.7. The average molecular weight is 408 g/mol. The Morgan fingerprint density at radius 3 is 2.38 bits per heavy atom. The number of nitrogens with zero attached hydrogens (tertiary/aromatic N) is 1. The zero-order valence-electron chi connectivity index (χ0n) is 13.4. The van der Waals surface area contributed by atoms with Gasteiger partial charge in [0.25, 0.3) is 11.5 Å². The van der Waals surface area contributed by atoms with Crippen LogP contribution in [0, 0.1) is 0 Å². The van der Waals surface area contributed by atoms with E-state index in [2.05, 4.69) is 5.32 Å². The number of amides is 1. The van der Waals surface area contributed by atoms with Crippen molar-refractivity contribution < 1.29 is 4.79 Å². The molecule has 0 spiro atoms. The SMILES string of the molecule is O=C(Nc1ccc(Cl)c(Cl)c1)c1cccn(Cc2ccc(Cl)cc2)c1=O. The van der Waals surface area contributed by atoms with Gasteiger partial charge in [-0.1, -0.05) is 46.9 Å². The number of hydrogen-bond acceptors (Lipinski definition) is 2. The van der Waals surface area contributed by atoms with Gasteiger partial charge in [0.05, 0.1) is 16.6 Å². The summed E-state index contributed by atoms with van der Waals surface area (Å²) in [7, 11) is 0. The lowest BCUT2D eigenvalue weighted by molar-refractivity contribution is 0.102. The van der Waals surface area contributed by atoms with E-state index in [1.54, 1.807) is 36.5 Å². The number of halogens is 3. The van der Waals surface area contributed by atoms with Crippen LogP contribution in [0.3, 0.4) is 0 Å². The molecule has 0 atom stereocenters. The maximum absolute atomic E-state index is 12.6. The van der Waals surface area contributed by atoms with Crippen molar-refractivity contribution in [2.75, 3.05) is 5.32 Å². The van der Waals surface area contributed by atoms with Gasteiger partial charge < -0.3 is 9.88 Å². The zero-order valence-corrected chi connectivity index (χ0v) is 15.6. The summed E-state index contributed by atoms with van der Waals surface area (Å²) in [6.45, 7) is 0.337. The molecule has 0 unspecified atom stereocenters. The third-order valence-corrected chi connectivity index (χ3v) is 4.70. The van der Waals surface area contributed by atoms with Gasteiger partial charge in [-0.05, 0) is 48.0 Å². The molecule has 0 aliphatic heterocycles. The molecule has 0 aliphatic rings.